The van der Waals surface area contributed by atoms with Crippen LogP contribution in [0.3, 0.4) is 0 Å². The van der Waals surface area contributed by atoms with E-state index in [1.165, 1.54) is 0 Å². The third-order valence-corrected chi connectivity index (χ3v) is 3.77. The van der Waals surface area contributed by atoms with Gasteiger partial charge < -0.3 is 15.4 Å². The zero-order valence-electron chi connectivity index (χ0n) is 13.6. The minimum atomic E-state index is 0.0378. The number of nitrogens with one attached hydrogen (secondary N) is 2. The van der Waals surface area contributed by atoms with E-state index in [9.17, 15) is 0 Å². The van der Waals surface area contributed by atoms with E-state index in [-0.39, 0.29) is 6.10 Å². The maximum atomic E-state index is 5.58. The molecule has 0 saturated heterocycles. The van der Waals surface area contributed by atoms with Crippen LogP contribution >= 0.6 is 11.8 Å². The van der Waals surface area contributed by atoms with Crippen LogP contribution in [0.15, 0.2) is 0 Å². The molecule has 0 aliphatic carbocycles. The smallest absolute Gasteiger partial charge is 0.323 e. The maximum Gasteiger partial charge on any atom is 0.323 e. The molecule has 1 aromatic heterocycles. The summed E-state index contributed by atoms with van der Waals surface area (Å²) in [5.74, 6) is 1.12. The SMILES string of the molecule is CCCNc1nc(NCCC(C)SC)nc(OC(C)C)n1. The summed E-state index contributed by atoms with van der Waals surface area (Å²) in [4.78, 5) is 12.9. The van der Waals surface area contributed by atoms with Crippen LogP contribution in [0.4, 0.5) is 11.9 Å². The van der Waals surface area contributed by atoms with Gasteiger partial charge >= 0.3 is 6.01 Å². The van der Waals surface area contributed by atoms with Gasteiger partial charge in [-0.15, -0.1) is 0 Å². The van der Waals surface area contributed by atoms with Gasteiger partial charge in [0.1, 0.15) is 0 Å². The average Bonchev–Trinajstić information content (AvgIpc) is 2.44. The Hall–Kier alpha value is -1.24. The highest BCUT2D eigenvalue weighted by molar-refractivity contribution is 7.99. The number of hydrogen-bond donors (Lipinski definition) is 2. The van der Waals surface area contributed by atoms with Crippen LogP contribution < -0.4 is 15.4 Å². The lowest BCUT2D eigenvalue weighted by Gasteiger charge is -2.13. The molecule has 0 amide bonds. The van der Waals surface area contributed by atoms with Gasteiger partial charge in [-0.3, -0.25) is 0 Å². The average molecular weight is 313 g/mol. The second-order valence-electron chi connectivity index (χ2n) is 5.12. The summed E-state index contributed by atoms with van der Waals surface area (Å²) in [7, 11) is 0. The van der Waals surface area contributed by atoms with E-state index in [2.05, 4.69) is 45.7 Å². The molecule has 1 heterocycles. The summed E-state index contributed by atoms with van der Waals surface area (Å²) in [6.45, 7) is 9.88. The number of rotatable bonds is 10. The highest BCUT2D eigenvalue weighted by Gasteiger charge is 2.09. The molecule has 6 nitrogen and oxygen atoms in total. The minimum Gasteiger partial charge on any atom is -0.461 e. The van der Waals surface area contributed by atoms with Crippen molar-refractivity contribution < 1.29 is 4.74 Å². The minimum absolute atomic E-state index is 0.0378. The zero-order valence-corrected chi connectivity index (χ0v) is 14.5. The van der Waals surface area contributed by atoms with Gasteiger partial charge in [0, 0.05) is 18.3 Å². The van der Waals surface area contributed by atoms with Gasteiger partial charge in [0.05, 0.1) is 6.10 Å². The summed E-state index contributed by atoms with van der Waals surface area (Å²) >= 11 is 1.86. The number of anilines is 2. The first-order valence-corrected chi connectivity index (χ1v) is 8.77. The van der Waals surface area contributed by atoms with Crippen molar-refractivity contribution in [3.05, 3.63) is 0 Å². The third kappa shape index (κ3) is 7.36. The molecule has 1 atom stereocenters. The molecule has 0 fully saturated rings. The van der Waals surface area contributed by atoms with Crippen LogP contribution in [0.5, 0.6) is 6.01 Å². The largest absolute Gasteiger partial charge is 0.461 e. The number of aromatic nitrogens is 3. The summed E-state index contributed by atoms with van der Waals surface area (Å²) in [5.41, 5.74) is 0. The molecular formula is C14H27N5OS. The van der Waals surface area contributed by atoms with Crippen LogP contribution in [-0.4, -0.2) is 45.7 Å². The lowest BCUT2D eigenvalue weighted by molar-refractivity contribution is 0.222. The molecule has 0 bridgehead atoms. The second-order valence-corrected chi connectivity index (χ2v) is 6.40. The first-order chi connectivity index (χ1) is 10.0. The topological polar surface area (TPSA) is 72.0 Å². The Morgan fingerprint density at radius 1 is 1.05 bits per heavy atom. The van der Waals surface area contributed by atoms with Gasteiger partial charge in [-0.05, 0) is 32.9 Å². The fourth-order valence-electron chi connectivity index (χ4n) is 1.52. The molecule has 21 heavy (non-hydrogen) atoms. The Kier molecular flexibility index (Phi) is 8.19. The van der Waals surface area contributed by atoms with Crippen LogP contribution in [0, 0.1) is 0 Å². The summed E-state index contributed by atoms with van der Waals surface area (Å²) < 4.78 is 5.58. The number of nitrogens with zero attached hydrogens (tertiary/aromatic N) is 3. The molecule has 120 valence electrons. The summed E-state index contributed by atoms with van der Waals surface area (Å²) in [6.07, 6.45) is 4.23. The fourth-order valence-corrected chi connectivity index (χ4v) is 1.87. The molecule has 1 unspecified atom stereocenters. The Bertz CT molecular complexity index is 416. The van der Waals surface area contributed by atoms with Crippen molar-refractivity contribution in [3.8, 4) is 6.01 Å². The van der Waals surface area contributed by atoms with Crippen LogP contribution in [0.1, 0.15) is 40.5 Å². The number of ether oxygens (including phenoxy) is 1. The normalized spacial score (nSPS) is 12.3. The molecule has 7 heteroatoms. The van der Waals surface area contributed by atoms with E-state index < -0.39 is 0 Å². The molecule has 0 saturated carbocycles. The Morgan fingerprint density at radius 3 is 2.19 bits per heavy atom. The summed E-state index contributed by atoms with van der Waals surface area (Å²) in [5, 5.41) is 7.03. The standard InChI is InChI=1S/C14H27N5OS/c1-6-8-15-12-17-13(16-9-7-11(4)21-5)19-14(18-12)20-10(2)3/h10-11H,6-9H2,1-5H3,(H2,15,16,17,18,19). The Balaban J connectivity index is 2.70. The molecule has 0 aliphatic rings. The van der Waals surface area contributed by atoms with E-state index in [1.807, 2.05) is 25.6 Å². The molecule has 0 spiro atoms. The quantitative estimate of drug-likeness (QED) is 0.688. The Labute approximate surface area is 131 Å². The van der Waals surface area contributed by atoms with E-state index >= 15 is 0 Å². The van der Waals surface area contributed by atoms with Crippen molar-refractivity contribution in [1.82, 2.24) is 15.0 Å². The van der Waals surface area contributed by atoms with Crippen molar-refractivity contribution in [2.45, 2.75) is 51.9 Å². The molecule has 0 radical (unpaired) electrons. The van der Waals surface area contributed by atoms with Crippen molar-refractivity contribution >= 4 is 23.7 Å². The second kappa shape index (κ2) is 9.65. The van der Waals surface area contributed by atoms with Crippen LogP contribution in [0.2, 0.25) is 0 Å². The van der Waals surface area contributed by atoms with Crippen LogP contribution in [-0.2, 0) is 0 Å². The van der Waals surface area contributed by atoms with Crippen molar-refractivity contribution in [3.63, 3.8) is 0 Å². The van der Waals surface area contributed by atoms with E-state index in [4.69, 9.17) is 4.74 Å². The fraction of sp³-hybridized carbons (Fsp3) is 0.786. The van der Waals surface area contributed by atoms with E-state index in [0.717, 1.165) is 25.9 Å². The van der Waals surface area contributed by atoms with Gasteiger partial charge in [0.25, 0.3) is 0 Å². The molecule has 0 aliphatic heterocycles. The lowest BCUT2D eigenvalue weighted by Crippen LogP contribution is -2.15. The van der Waals surface area contributed by atoms with Crippen LogP contribution in [0.25, 0.3) is 0 Å². The lowest BCUT2D eigenvalue weighted by atomic mass is 10.3. The molecule has 1 aromatic rings. The number of thioether (sulfide) groups is 1. The molecule has 2 N–H and O–H groups in total. The van der Waals surface area contributed by atoms with Crippen molar-refractivity contribution in [2.24, 2.45) is 0 Å². The van der Waals surface area contributed by atoms with Gasteiger partial charge in [-0.25, -0.2) is 0 Å². The molecule has 0 aromatic carbocycles. The first-order valence-electron chi connectivity index (χ1n) is 7.48. The first kappa shape index (κ1) is 17.8. The Morgan fingerprint density at radius 2 is 1.67 bits per heavy atom. The predicted octanol–water partition coefficient (Wildman–Crippen LogP) is 3.03. The highest BCUT2D eigenvalue weighted by Crippen LogP contribution is 2.14. The third-order valence-electron chi connectivity index (χ3n) is 2.73. The highest BCUT2D eigenvalue weighted by atomic mass is 32.2. The van der Waals surface area contributed by atoms with Crippen molar-refractivity contribution in [2.75, 3.05) is 30.0 Å². The predicted molar refractivity (Wildman–Crippen MR) is 90.5 cm³/mol. The van der Waals surface area contributed by atoms with Crippen molar-refractivity contribution in [1.29, 1.82) is 0 Å². The maximum absolute atomic E-state index is 5.58. The van der Waals surface area contributed by atoms with Gasteiger partial charge in [0.15, 0.2) is 0 Å². The zero-order chi connectivity index (χ0) is 15.7. The van der Waals surface area contributed by atoms with Gasteiger partial charge in [-0.2, -0.15) is 26.7 Å². The monoisotopic (exact) mass is 313 g/mol. The number of hydrogen-bond acceptors (Lipinski definition) is 7. The summed E-state index contributed by atoms with van der Waals surface area (Å²) in [6, 6.07) is 0.360. The van der Waals surface area contributed by atoms with Gasteiger partial charge in [-0.1, -0.05) is 13.8 Å². The molecule has 1 rings (SSSR count). The van der Waals surface area contributed by atoms with E-state index in [0.29, 0.717) is 23.2 Å². The molecular weight excluding hydrogens is 286 g/mol. The van der Waals surface area contributed by atoms with Gasteiger partial charge in [0.2, 0.25) is 11.9 Å². The van der Waals surface area contributed by atoms with E-state index in [1.54, 1.807) is 0 Å².